The number of amides is 1. The van der Waals surface area contributed by atoms with E-state index in [0.717, 1.165) is 30.1 Å². The van der Waals surface area contributed by atoms with Crippen LogP contribution in [0.25, 0.3) is 6.08 Å². The summed E-state index contributed by atoms with van der Waals surface area (Å²) in [4.78, 5) is 14.5. The highest BCUT2D eigenvalue weighted by Gasteiger charge is 2.04. The van der Waals surface area contributed by atoms with Crippen LogP contribution in [0.2, 0.25) is 0 Å². The van der Waals surface area contributed by atoms with Crippen molar-refractivity contribution in [3.63, 3.8) is 0 Å². The molecule has 2 rings (SSSR count). The predicted octanol–water partition coefficient (Wildman–Crippen LogP) is 2.50. The molecule has 3 nitrogen and oxygen atoms in total. The minimum absolute atomic E-state index is 0.0601. The van der Waals surface area contributed by atoms with Crippen molar-refractivity contribution < 1.29 is 9.69 Å². The Balaban J connectivity index is 1.80. The average molecular weight is 329 g/mol. The zero-order valence-corrected chi connectivity index (χ0v) is 14.7. The number of carbonyl (C=O) groups excluding carboxylic acids is 1. The van der Waals surface area contributed by atoms with E-state index < -0.39 is 0 Å². The molecule has 0 saturated carbocycles. The van der Waals surface area contributed by atoms with Gasteiger partial charge in [0.05, 0.1) is 13.1 Å². The molecule has 1 aromatic heterocycles. The van der Waals surface area contributed by atoms with Crippen molar-refractivity contribution >= 4 is 23.3 Å². The molecule has 0 spiro atoms. The second kappa shape index (κ2) is 9.28. The normalized spacial score (nSPS) is 11.3. The molecular weight excluding hydrogens is 304 g/mol. The van der Waals surface area contributed by atoms with Crippen LogP contribution in [0.3, 0.4) is 0 Å². The fraction of sp³-hybridized carbons (Fsp3) is 0.316. The lowest BCUT2D eigenvalue weighted by Crippen LogP contribution is -3.10. The highest BCUT2D eigenvalue weighted by molar-refractivity contribution is 7.10. The Labute approximate surface area is 142 Å². The Kier molecular flexibility index (Phi) is 7.04. The first-order valence-corrected chi connectivity index (χ1v) is 9.00. The highest BCUT2D eigenvalue weighted by atomic mass is 32.1. The first-order valence-electron chi connectivity index (χ1n) is 8.12. The van der Waals surface area contributed by atoms with Crippen LogP contribution in [-0.2, 0) is 17.9 Å². The molecule has 0 fully saturated rings. The molecule has 122 valence electrons. The maximum atomic E-state index is 11.8. The average Bonchev–Trinajstić information content (AvgIpc) is 3.10. The zero-order valence-electron chi connectivity index (χ0n) is 13.8. The summed E-state index contributed by atoms with van der Waals surface area (Å²) in [6.07, 6.45) is 3.43. The van der Waals surface area contributed by atoms with Crippen LogP contribution in [-0.4, -0.2) is 19.0 Å². The van der Waals surface area contributed by atoms with Gasteiger partial charge < -0.3 is 10.2 Å². The first kappa shape index (κ1) is 17.4. The van der Waals surface area contributed by atoms with Crippen molar-refractivity contribution in [1.82, 2.24) is 5.32 Å². The highest BCUT2D eigenvalue weighted by Crippen LogP contribution is 2.10. The SMILES string of the molecule is CC[NH+](CC)Cc1ccc(CNC(=O)/C=C/c2cccs2)cc1. The van der Waals surface area contributed by atoms with Crippen molar-refractivity contribution in [2.45, 2.75) is 26.9 Å². The minimum Gasteiger partial charge on any atom is -0.348 e. The monoisotopic (exact) mass is 329 g/mol. The summed E-state index contributed by atoms with van der Waals surface area (Å²) in [6, 6.07) is 12.5. The Morgan fingerprint density at radius 2 is 1.83 bits per heavy atom. The molecule has 4 heteroatoms. The zero-order chi connectivity index (χ0) is 16.5. The third-order valence-electron chi connectivity index (χ3n) is 3.89. The third-order valence-corrected chi connectivity index (χ3v) is 4.72. The molecule has 0 aliphatic rings. The summed E-state index contributed by atoms with van der Waals surface area (Å²) in [7, 11) is 0. The van der Waals surface area contributed by atoms with Gasteiger partial charge >= 0.3 is 0 Å². The van der Waals surface area contributed by atoms with Gasteiger partial charge in [0.25, 0.3) is 0 Å². The smallest absolute Gasteiger partial charge is 0.244 e. The minimum atomic E-state index is -0.0601. The molecule has 1 heterocycles. The molecule has 2 aromatic rings. The molecule has 0 unspecified atom stereocenters. The largest absolute Gasteiger partial charge is 0.348 e. The number of benzene rings is 1. The van der Waals surface area contributed by atoms with Crippen LogP contribution >= 0.6 is 11.3 Å². The Bertz CT molecular complexity index is 613. The van der Waals surface area contributed by atoms with Gasteiger partial charge in [-0.05, 0) is 36.9 Å². The van der Waals surface area contributed by atoms with Crippen LogP contribution in [0, 0.1) is 0 Å². The van der Waals surface area contributed by atoms with E-state index in [2.05, 4.69) is 43.4 Å². The van der Waals surface area contributed by atoms with E-state index in [1.807, 2.05) is 23.6 Å². The topological polar surface area (TPSA) is 33.5 Å². The van der Waals surface area contributed by atoms with Crippen molar-refractivity contribution in [2.75, 3.05) is 13.1 Å². The van der Waals surface area contributed by atoms with Crippen molar-refractivity contribution in [2.24, 2.45) is 0 Å². The number of quaternary nitrogens is 1. The molecule has 2 N–H and O–H groups in total. The van der Waals surface area contributed by atoms with Crippen molar-refractivity contribution in [1.29, 1.82) is 0 Å². The van der Waals surface area contributed by atoms with Crippen LogP contribution < -0.4 is 10.2 Å². The molecular formula is C19H25N2OS+. The summed E-state index contributed by atoms with van der Waals surface area (Å²) < 4.78 is 0. The van der Waals surface area contributed by atoms with Gasteiger partial charge in [0, 0.05) is 23.1 Å². The number of thiophene rings is 1. The second-order valence-corrected chi connectivity index (χ2v) is 6.50. The van der Waals surface area contributed by atoms with E-state index in [1.165, 1.54) is 5.56 Å². The lowest BCUT2D eigenvalue weighted by Gasteiger charge is -2.15. The summed E-state index contributed by atoms with van der Waals surface area (Å²) in [5.41, 5.74) is 2.47. The molecule has 1 aromatic carbocycles. The molecule has 23 heavy (non-hydrogen) atoms. The Morgan fingerprint density at radius 3 is 2.43 bits per heavy atom. The Hall–Kier alpha value is -1.91. The van der Waals surface area contributed by atoms with Crippen molar-refractivity contribution in [3.8, 4) is 0 Å². The van der Waals surface area contributed by atoms with Crippen LogP contribution in [0.1, 0.15) is 29.9 Å². The Morgan fingerprint density at radius 1 is 1.13 bits per heavy atom. The standard InChI is InChI=1S/C19H24N2OS/c1-3-21(4-2)15-17-9-7-16(8-10-17)14-20-19(22)12-11-18-6-5-13-23-18/h5-13H,3-4,14-15H2,1-2H3,(H,20,22)/p+1/b12-11+. The van der Waals surface area contributed by atoms with E-state index in [9.17, 15) is 4.79 Å². The van der Waals surface area contributed by atoms with Crippen molar-refractivity contribution in [3.05, 3.63) is 63.9 Å². The van der Waals surface area contributed by atoms with Crippen LogP contribution in [0.4, 0.5) is 0 Å². The number of carbonyl (C=O) groups is 1. The van der Waals surface area contributed by atoms with E-state index in [0.29, 0.717) is 6.54 Å². The summed E-state index contributed by atoms with van der Waals surface area (Å²) >= 11 is 1.62. The molecule has 0 radical (unpaired) electrons. The van der Waals surface area contributed by atoms with Gasteiger partial charge in [0.15, 0.2) is 0 Å². The van der Waals surface area contributed by atoms with Gasteiger partial charge in [-0.2, -0.15) is 0 Å². The van der Waals surface area contributed by atoms with Gasteiger partial charge in [-0.1, -0.05) is 30.3 Å². The molecule has 0 aliphatic carbocycles. The van der Waals surface area contributed by atoms with Gasteiger partial charge in [0.2, 0.25) is 5.91 Å². The summed E-state index contributed by atoms with van der Waals surface area (Å²) in [5.74, 6) is -0.0601. The van der Waals surface area contributed by atoms with Gasteiger partial charge in [-0.15, -0.1) is 11.3 Å². The predicted molar refractivity (Wildman–Crippen MR) is 97.4 cm³/mol. The third kappa shape index (κ3) is 6.00. The van der Waals surface area contributed by atoms with E-state index in [-0.39, 0.29) is 5.91 Å². The lowest BCUT2D eigenvalue weighted by atomic mass is 10.1. The molecule has 1 amide bonds. The maximum Gasteiger partial charge on any atom is 0.244 e. The maximum absolute atomic E-state index is 11.8. The molecule has 0 saturated heterocycles. The van der Waals surface area contributed by atoms with Crippen LogP contribution in [0.15, 0.2) is 47.9 Å². The molecule has 0 atom stereocenters. The fourth-order valence-corrected chi connectivity index (χ4v) is 2.97. The van der Waals surface area contributed by atoms with Gasteiger partial charge in [-0.3, -0.25) is 4.79 Å². The van der Waals surface area contributed by atoms with Gasteiger partial charge in [0.1, 0.15) is 6.54 Å². The number of rotatable bonds is 8. The lowest BCUT2D eigenvalue weighted by molar-refractivity contribution is -0.910. The summed E-state index contributed by atoms with van der Waals surface area (Å²) in [5, 5.41) is 4.92. The van der Waals surface area contributed by atoms with Crippen LogP contribution in [0.5, 0.6) is 0 Å². The number of hydrogen-bond acceptors (Lipinski definition) is 2. The quantitative estimate of drug-likeness (QED) is 0.717. The van der Waals surface area contributed by atoms with Gasteiger partial charge in [-0.25, -0.2) is 0 Å². The molecule has 0 aliphatic heterocycles. The number of nitrogens with one attached hydrogen (secondary N) is 2. The summed E-state index contributed by atoms with van der Waals surface area (Å²) in [6.45, 7) is 8.34. The van der Waals surface area contributed by atoms with E-state index in [1.54, 1.807) is 22.3 Å². The van der Waals surface area contributed by atoms with E-state index >= 15 is 0 Å². The second-order valence-electron chi connectivity index (χ2n) is 5.52. The van der Waals surface area contributed by atoms with E-state index in [4.69, 9.17) is 0 Å². The molecule has 0 bridgehead atoms. The first-order chi connectivity index (χ1) is 11.2. The number of hydrogen-bond donors (Lipinski definition) is 2. The fourth-order valence-electron chi connectivity index (χ4n) is 2.36.